The van der Waals surface area contributed by atoms with Crippen LogP contribution in [-0.4, -0.2) is 76.1 Å². The summed E-state index contributed by atoms with van der Waals surface area (Å²) in [6.45, 7) is 4.98. The number of aliphatic hydroxyl groups excluding tert-OH is 1. The molecule has 0 saturated heterocycles. The van der Waals surface area contributed by atoms with Crippen molar-refractivity contribution in [1.82, 2.24) is 9.80 Å². The molecular weight excluding hydrogens is 675 g/mol. The van der Waals surface area contributed by atoms with E-state index >= 15 is 0 Å². The average Bonchev–Trinajstić information content (AvgIpc) is 3.07. The molecule has 0 saturated carbocycles. The van der Waals surface area contributed by atoms with Crippen LogP contribution in [-0.2, 0) is 39.2 Å². The number of nitrogens with zero attached hydrogens (tertiary/aromatic N) is 2. The first kappa shape index (κ1) is 39.0. The maximum atomic E-state index is 13.4. The molecule has 13 nitrogen and oxygen atoms in total. The van der Waals surface area contributed by atoms with Crippen LogP contribution in [0.1, 0.15) is 76.9 Å². The van der Waals surface area contributed by atoms with Crippen LogP contribution in [0.4, 0.5) is 11.4 Å². The number of carbonyl (C=O) groups excluding carboxylic acids is 4. The molecule has 0 spiro atoms. The fourth-order valence-corrected chi connectivity index (χ4v) is 6.22. The van der Waals surface area contributed by atoms with E-state index in [0.29, 0.717) is 60.7 Å². The van der Waals surface area contributed by atoms with E-state index in [4.69, 9.17) is 4.74 Å². The van der Waals surface area contributed by atoms with E-state index in [1.807, 2.05) is 38.1 Å². The van der Waals surface area contributed by atoms with Crippen LogP contribution in [0.3, 0.4) is 0 Å². The SMILES string of the molecule is CC(C)N(Cc1ccc(C(=O)Nc2ccc3c(c2)CCN(C(=O)CCCCC(O)S(=O)(=O)[O-])C3)cc1)C(=O)c1ccc2c(c1)OCC(=O)N2.[Na+]. The van der Waals surface area contributed by atoms with Gasteiger partial charge < -0.3 is 34.8 Å². The standard InChI is InChI=1S/C35H40N4O9S.Na/c1-22(2)39(35(44)26-12-14-29-30(18-26)48-21-31(40)37-29)19-23-7-9-24(10-8-23)34(43)36-28-13-11-27-20-38(16-15-25(27)17-28)32(41)5-3-4-6-33(42)49(45,46)47;/h7-14,17-18,22,33,42H,3-6,15-16,19-21H2,1-2H3,(H,36,43)(H,37,40)(H,45,46,47);/q;+1/p-1. The van der Waals surface area contributed by atoms with Crippen LogP contribution >= 0.6 is 0 Å². The van der Waals surface area contributed by atoms with Crippen molar-refractivity contribution in [3.63, 3.8) is 0 Å². The topological polar surface area (TPSA) is 185 Å². The van der Waals surface area contributed by atoms with E-state index in [1.54, 1.807) is 46.2 Å². The molecule has 50 heavy (non-hydrogen) atoms. The van der Waals surface area contributed by atoms with E-state index in [0.717, 1.165) is 16.7 Å². The number of amides is 4. The smallest absolute Gasteiger partial charge is 0.746 e. The number of rotatable bonds is 12. The third-order valence-corrected chi connectivity index (χ3v) is 9.47. The predicted molar refractivity (Wildman–Crippen MR) is 180 cm³/mol. The Morgan fingerprint density at radius 3 is 2.44 bits per heavy atom. The summed E-state index contributed by atoms with van der Waals surface area (Å²) in [6, 6.07) is 17.5. The second kappa shape index (κ2) is 16.9. The van der Waals surface area contributed by atoms with Crippen LogP contribution in [0.25, 0.3) is 0 Å². The number of aliphatic hydroxyl groups is 1. The van der Waals surface area contributed by atoms with Crippen LogP contribution in [0.15, 0.2) is 60.7 Å². The molecule has 3 N–H and O–H groups in total. The summed E-state index contributed by atoms with van der Waals surface area (Å²) in [5.74, 6) is -0.358. The molecule has 1 unspecified atom stereocenters. The second-order valence-electron chi connectivity index (χ2n) is 12.5. The van der Waals surface area contributed by atoms with Crippen molar-refractivity contribution in [1.29, 1.82) is 0 Å². The normalized spacial score (nSPS) is 14.3. The Morgan fingerprint density at radius 1 is 1.02 bits per heavy atom. The average molecular weight is 715 g/mol. The minimum atomic E-state index is -4.75. The number of hydrogen-bond donors (Lipinski definition) is 3. The molecule has 0 aromatic heterocycles. The third kappa shape index (κ3) is 9.92. The van der Waals surface area contributed by atoms with Crippen LogP contribution in [0, 0.1) is 0 Å². The van der Waals surface area contributed by atoms with Crippen molar-refractivity contribution in [2.45, 2.75) is 70.5 Å². The maximum absolute atomic E-state index is 13.4. The minimum absolute atomic E-state index is 0. The van der Waals surface area contributed by atoms with Crippen LogP contribution in [0.2, 0.25) is 0 Å². The summed E-state index contributed by atoms with van der Waals surface area (Å²) in [7, 11) is -4.75. The number of nitrogens with one attached hydrogen (secondary N) is 2. The minimum Gasteiger partial charge on any atom is -0.746 e. The second-order valence-corrected chi connectivity index (χ2v) is 14.0. The van der Waals surface area contributed by atoms with Gasteiger partial charge in [-0.05, 0) is 98.7 Å². The quantitative estimate of drug-likeness (QED) is 0.138. The van der Waals surface area contributed by atoms with Crippen molar-refractivity contribution in [2.24, 2.45) is 0 Å². The number of anilines is 2. The van der Waals surface area contributed by atoms with Crippen molar-refractivity contribution >= 4 is 45.1 Å². The van der Waals surface area contributed by atoms with E-state index < -0.39 is 15.6 Å². The Labute approximate surface area is 313 Å². The van der Waals surface area contributed by atoms with Gasteiger partial charge in [0.1, 0.15) is 21.3 Å². The third-order valence-electron chi connectivity index (χ3n) is 8.57. The van der Waals surface area contributed by atoms with Crippen LogP contribution < -0.4 is 44.9 Å². The Balaban J connectivity index is 0.00000562. The summed E-state index contributed by atoms with van der Waals surface area (Å²) in [5.41, 5.74) is 2.93. The molecule has 4 amide bonds. The van der Waals surface area contributed by atoms with E-state index in [1.165, 1.54) is 0 Å². The molecule has 5 rings (SSSR count). The van der Waals surface area contributed by atoms with Gasteiger partial charge in [0, 0.05) is 48.9 Å². The Bertz CT molecular complexity index is 1850. The Hall–Kier alpha value is -3.79. The van der Waals surface area contributed by atoms with Gasteiger partial charge in [-0.3, -0.25) is 19.2 Å². The number of carbonyl (C=O) groups is 4. The van der Waals surface area contributed by atoms with Crippen molar-refractivity contribution < 1.29 is 71.5 Å². The zero-order valence-electron chi connectivity index (χ0n) is 28.3. The molecular formula is C35H39N4NaO9S. The van der Waals surface area contributed by atoms with Gasteiger partial charge >= 0.3 is 29.6 Å². The van der Waals surface area contributed by atoms with Crippen LogP contribution in [0.5, 0.6) is 5.75 Å². The molecule has 2 aliphatic heterocycles. The number of benzene rings is 3. The van der Waals surface area contributed by atoms with Crippen molar-refractivity contribution in [2.75, 3.05) is 23.8 Å². The number of ether oxygens (including phenoxy) is 1. The number of hydrogen-bond acceptors (Lipinski definition) is 9. The molecule has 15 heteroatoms. The first-order valence-electron chi connectivity index (χ1n) is 16.1. The van der Waals surface area contributed by atoms with Crippen molar-refractivity contribution in [3.8, 4) is 5.75 Å². The fourth-order valence-electron chi connectivity index (χ4n) is 5.77. The molecule has 0 radical (unpaired) electrons. The van der Waals surface area contributed by atoms with Gasteiger partial charge in [0.2, 0.25) is 5.91 Å². The molecule has 0 bridgehead atoms. The van der Waals surface area contributed by atoms with E-state index in [2.05, 4.69) is 10.6 Å². The Morgan fingerprint density at radius 2 is 1.74 bits per heavy atom. The molecule has 2 aliphatic rings. The van der Waals surface area contributed by atoms with Gasteiger partial charge in [-0.2, -0.15) is 0 Å². The van der Waals surface area contributed by atoms with Gasteiger partial charge in [0.05, 0.1) is 5.69 Å². The molecule has 0 aliphatic carbocycles. The number of fused-ring (bicyclic) bond motifs is 2. The predicted octanol–water partition coefficient (Wildman–Crippen LogP) is 0.633. The van der Waals surface area contributed by atoms with Gasteiger partial charge in [-0.25, -0.2) is 8.42 Å². The first-order chi connectivity index (χ1) is 23.3. The largest absolute Gasteiger partial charge is 1.00 e. The molecule has 1 atom stereocenters. The number of unbranched alkanes of at least 4 members (excludes halogenated alkanes) is 1. The first-order valence-corrected chi connectivity index (χ1v) is 17.6. The van der Waals surface area contributed by atoms with E-state index in [-0.39, 0.29) is 85.1 Å². The van der Waals surface area contributed by atoms with Crippen molar-refractivity contribution in [3.05, 3.63) is 88.5 Å². The van der Waals surface area contributed by atoms with E-state index in [9.17, 15) is 37.3 Å². The summed E-state index contributed by atoms with van der Waals surface area (Å²) in [6.07, 6.45) is 1.20. The van der Waals surface area contributed by atoms with Gasteiger partial charge in [-0.1, -0.05) is 18.2 Å². The summed E-state index contributed by atoms with van der Waals surface area (Å²) in [5, 5.41) is 15.0. The van der Waals surface area contributed by atoms with Gasteiger partial charge in [0.15, 0.2) is 6.61 Å². The molecule has 3 aromatic rings. The zero-order valence-corrected chi connectivity index (χ0v) is 31.1. The van der Waals surface area contributed by atoms with Gasteiger partial charge in [-0.15, -0.1) is 0 Å². The Kier molecular flexibility index (Phi) is 13.2. The zero-order chi connectivity index (χ0) is 35.3. The maximum Gasteiger partial charge on any atom is 1.00 e. The monoisotopic (exact) mass is 714 g/mol. The summed E-state index contributed by atoms with van der Waals surface area (Å²) in [4.78, 5) is 54.2. The fraction of sp³-hybridized carbons (Fsp3) is 0.371. The molecule has 2 heterocycles. The van der Waals surface area contributed by atoms with Gasteiger partial charge in [0.25, 0.3) is 17.7 Å². The summed E-state index contributed by atoms with van der Waals surface area (Å²) >= 11 is 0. The molecule has 260 valence electrons. The molecule has 3 aromatic carbocycles. The molecule has 0 fully saturated rings. The summed E-state index contributed by atoms with van der Waals surface area (Å²) < 4.78 is 37.9.